The Morgan fingerprint density at radius 2 is 1.52 bits per heavy atom. The van der Waals surface area contributed by atoms with E-state index in [1.54, 1.807) is 4.90 Å². The second-order valence-corrected chi connectivity index (χ2v) is 17.1. The Balaban J connectivity index is 0.869. The van der Waals surface area contributed by atoms with Gasteiger partial charge in [0.1, 0.15) is 5.75 Å². The zero-order valence-corrected chi connectivity index (χ0v) is 35.4. The summed E-state index contributed by atoms with van der Waals surface area (Å²) in [5, 5.41) is 13.5. The topological polar surface area (TPSA) is 156 Å². The Hall–Kier alpha value is -4.89. The third kappa shape index (κ3) is 10.9. The van der Waals surface area contributed by atoms with Crippen LogP contribution in [-0.4, -0.2) is 168 Å². The number of hydrogen-bond acceptors (Lipinski definition) is 10. The van der Waals surface area contributed by atoms with Crippen LogP contribution in [0.2, 0.25) is 0 Å². The number of esters is 1. The number of aromatic hydroxyl groups is 1. The van der Waals surface area contributed by atoms with E-state index in [4.69, 9.17) is 9.47 Å². The zero-order chi connectivity index (χ0) is 42.2. The molecule has 2 aromatic rings. The van der Waals surface area contributed by atoms with E-state index in [1.807, 2.05) is 64.9 Å². The number of fused-ring (bicyclic) bond motifs is 1. The first-order valence-electron chi connectivity index (χ1n) is 22.1. The number of anilines is 1. The van der Waals surface area contributed by atoms with Gasteiger partial charge in [-0.05, 0) is 100 Å². The molecule has 0 unspecified atom stereocenters. The summed E-state index contributed by atoms with van der Waals surface area (Å²) in [6.07, 6.45) is 5.17. The number of para-hydroxylation sites is 1. The van der Waals surface area contributed by atoms with Gasteiger partial charge in [-0.3, -0.25) is 19.3 Å². The molecule has 0 spiro atoms. The van der Waals surface area contributed by atoms with Gasteiger partial charge in [0.25, 0.3) is 5.91 Å². The van der Waals surface area contributed by atoms with E-state index in [1.165, 1.54) is 0 Å². The lowest BCUT2D eigenvalue weighted by Gasteiger charge is -2.43. The summed E-state index contributed by atoms with van der Waals surface area (Å²) in [7, 11) is 0. The van der Waals surface area contributed by atoms with Crippen LogP contribution in [0.3, 0.4) is 0 Å². The number of nitrogens with zero attached hydrogens (tertiary/aromatic N) is 6. The number of carbonyl (C=O) groups excluding carboxylic acids is 5. The van der Waals surface area contributed by atoms with Crippen LogP contribution in [0, 0.1) is 13.8 Å². The first-order valence-corrected chi connectivity index (χ1v) is 22.1. The van der Waals surface area contributed by atoms with E-state index in [0.717, 1.165) is 75.2 Å². The summed E-state index contributed by atoms with van der Waals surface area (Å²) >= 11 is 0. The molecule has 60 heavy (non-hydrogen) atoms. The number of hydrogen-bond donors (Lipinski definition) is 2. The number of phenols is 1. The summed E-state index contributed by atoms with van der Waals surface area (Å²) < 4.78 is 11.5. The highest BCUT2D eigenvalue weighted by atomic mass is 16.6. The molecule has 15 nitrogen and oxygen atoms in total. The standard InChI is InChI=1S/C45H63N7O8/c1-32-29-34(30-33(2)42(32)55)31-39(60-45(58)51-21-13-37(14-22-51)52-23-10-35-7-3-4-8-38(35)46-44(52)57)43(56)50-26-24-48(25-27-50)36-11-18-47(19-12-36)20-15-41(54)59-28-6-17-49-16-5-9-40(49)53/h3-4,7-8,29-30,36-37,39,55H,5-6,9-28,31H2,1-2H3,(H,46,57)/t39-/m1/s1. The first-order chi connectivity index (χ1) is 29.0. The molecule has 0 aromatic heterocycles. The zero-order valence-electron chi connectivity index (χ0n) is 35.4. The molecule has 4 saturated heterocycles. The second kappa shape index (κ2) is 20.1. The Kier molecular flexibility index (Phi) is 14.5. The maximum atomic E-state index is 14.2. The van der Waals surface area contributed by atoms with Crippen LogP contribution < -0.4 is 5.32 Å². The summed E-state index contributed by atoms with van der Waals surface area (Å²) in [4.78, 5) is 77.3. The van der Waals surface area contributed by atoms with E-state index >= 15 is 0 Å². The predicted molar refractivity (Wildman–Crippen MR) is 226 cm³/mol. The van der Waals surface area contributed by atoms with Crippen molar-refractivity contribution in [3.05, 3.63) is 58.7 Å². The summed E-state index contributed by atoms with van der Waals surface area (Å²) in [6, 6.07) is 11.8. The number of nitrogens with one attached hydrogen (secondary N) is 1. The Morgan fingerprint density at radius 3 is 2.22 bits per heavy atom. The van der Waals surface area contributed by atoms with Crippen LogP contribution in [0.25, 0.3) is 0 Å². The molecule has 2 N–H and O–H groups in total. The van der Waals surface area contributed by atoms with Crippen molar-refractivity contribution in [2.24, 2.45) is 0 Å². The molecule has 0 saturated carbocycles. The Morgan fingerprint density at radius 1 is 0.817 bits per heavy atom. The number of phenolic OH excluding ortho intramolecular Hbond substituents is 1. The van der Waals surface area contributed by atoms with Gasteiger partial charge in [-0.1, -0.05) is 30.3 Å². The van der Waals surface area contributed by atoms with Crippen molar-refractivity contribution in [3.63, 3.8) is 0 Å². The fourth-order valence-corrected chi connectivity index (χ4v) is 9.57. The fraction of sp³-hybridized carbons (Fsp3) is 0.622. The predicted octanol–water partition coefficient (Wildman–Crippen LogP) is 4.17. The molecule has 2 aromatic carbocycles. The van der Waals surface area contributed by atoms with Gasteiger partial charge in [-0.2, -0.15) is 0 Å². The van der Waals surface area contributed by atoms with Gasteiger partial charge >= 0.3 is 18.1 Å². The van der Waals surface area contributed by atoms with Gasteiger partial charge in [0.15, 0.2) is 6.10 Å². The number of benzene rings is 2. The van der Waals surface area contributed by atoms with Crippen molar-refractivity contribution in [1.82, 2.24) is 29.4 Å². The number of piperazine rings is 1. The lowest BCUT2D eigenvalue weighted by atomic mass is 10.00. The second-order valence-electron chi connectivity index (χ2n) is 17.1. The van der Waals surface area contributed by atoms with Gasteiger partial charge in [-0.25, -0.2) is 9.59 Å². The third-order valence-electron chi connectivity index (χ3n) is 13.1. The van der Waals surface area contributed by atoms with Crippen molar-refractivity contribution in [2.45, 2.75) is 96.2 Å². The fourth-order valence-electron chi connectivity index (χ4n) is 9.57. The number of carbonyl (C=O) groups is 5. The SMILES string of the molecule is Cc1cc(C[C@@H](OC(=O)N2CCC(N3CCc4ccccc4NC3=O)CC2)C(=O)N2CCN(C3CCN(CCC(=O)OCCCN4CCCC4=O)CC3)CC2)cc(C)c1O. The van der Waals surface area contributed by atoms with E-state index in [0.29, 0.717) is 102 Å². The molecular weight excluding hydrogens is 767 g/mol. The molecule has 0 bridgehead atoms. The van der Waals surface area contributed by atoms with Crippen molar-refractivity contribution in [3.8, 4) is 5.75 Å². The first kappa shape index (κ1) is 43.2. The highest BCUT2D eigenvalue weighted by molar-refractivity contribution is 5.91. The monoisotopic (exact) mass is 829 g/mol. The van der Waals surface area contributed by atoms with Gasteiger partial charge in [0.05, 0.1) is 13.0 Å². The van der Waals surface area contributed by atoms with E-state index in [-0.39, 0.29) is 42.0 Å². The minimum atomic E-state index is -1.02. The number of aryl methyl sites for hydroxylation is 2. The quantitative estimate of drug-likeness (QED) is 0.222. The molecule has 5 heterocycles. The van der Waals surface area contributed by atoms with Crippen LogP contribution in [0.15, 0.2) is 36.4 Å². The lowest BCUT2D eigenvalue weighted by molar-refractivity contribution is -0.145. The van der Waals surface area contributed by atoms with Gasteiger partial charge in [0.2, 0.25) is 5.91 Å². The number of rotatable bonds is 13. The molecule has 0 aliphatic carbocycles. The summed E-state index contributed by atoms with van der Waals surface area (Å²) in [6.45, 7) is 11.9. The molecule has 1 atom stereocenters. The van der Waals surface area contributed by atoms with Gasteiger partial charge in [-0.15, -0.1) is 0 Å². The maximum Gasteiger partial charge on any atom is 0.410 e. The highest BCUT2D eigenvalue weighted by Gasteiger charge is 2.36. The largest absolute Gasteiger partial charge is 0.507 e. The van der Waals surface area contributed by atoms with E-state index < -0.39 is 12.2 Å². The number of amides is 5. The summed E-state index contributed by atoms with van der Waals surface area (Å²) in [5.74, 6) is -0.00217. The maximum absolute atomic E-state index is 14.2. The van der Waals surface area contributed by atoms with Crippen molar-refractivity contribution < 1.29 is 38.6 Å². The third-order valence-corrected chi connectivity index (χ3v) is 13.1. The molecule has 15 heteroatoms. The lowest BCUT2D eigenvalue weighted by Crippen LogP contribution is -2.56. The van der Waals surface area contributed by atoms with Crippen molar-refractivity contribution >= 4 is 35.6 Å². The van der Waals surface area contributed by atoms with E-state index in [2.05, 4.69) is 15.1 Å². The van der Waals surface area contributed by atoms with Crippen LogP contribution in [0.5, 0.6) is 5.75 Å². The average Bonchev–Trinajstić information content (AvgIpc) is 3.59. The van der Waals surface area contributed by atoms with Crippen LogP contribution in [0.1, 0.15) is 73.6 Å². The molecule has 7 rings (SSSR count). The van der Waals surface area contributed by atoms with Crippen molar-refractivity contribution in [2.75, 3.05) is 90.5 Å². The normalized spacial score (nSPS) is 20.4. The molecule has 5 aliphatic heterocycles. The minimum absolute atomic E-state index is 0.00839. The Labute approximate surface area is 353 Å². The number of likely N-dealkylation sites (tertiary alicyclic amines) is 3. The molecule has 326 valence electrons. The smallest absolute Gasteiger partial charge is 0.410 e. The molecule has 5 aliphatic rings. The molecule has 5 amide bonds. The number of urea groups is 1. The average molecular weight is 830 g/mol. The molecule has 4 fully saturated rings. The van der Waals surface area contributed by atoms with Crippen LogP contribution >= 0.6 is 0 Å². The van der Waals surface area contributed by atoms with Crippen LogP contribution in [0.4, 0.5) is 15.3 Å². The highest BCUT2D eigenvalue weighted by Crippen LogP contribution is 2.27. The molecule has 0 radical (unpaired) electrons. The minimum Gasteiger partial charge on any atom is -0.507 e. The molecular formula is C45H63N7O8. The van der Waals surface area contributed by atoms with Gasteiger partial charge < -0.3 is 44.4 Å². The Bertz CT molecular complexity index is 1830. The van der Waals surface area contributed by atoms with Gasteiger partial charge in [0, 0.05) is 96.1 Å². The summed E-state index contributed by atoms with van der Waals surface area (Å²) in [5.41, 5.74) is 4.17. The number of piperidine rings is 2. The van der Waals surface area contributed by atoms with Crippen LogP contribution in [-0.2, 0) is 36.7 Å². The number of ether oxygens (including phenoxy) is 2. The van der Waals surface area contributed by atoms with Crippen molar-refractivity contribution in [1.29, 1.82) is 0 Å². The van der Waals surface area contributed by atoms with E-state index in [9.17, 15) is 29.1 Å².